The quantitative estimate of drug-likeness (QED) is 0.787. The van der Waals surface area contributed by atoms with E-state index in [1.807, 2.05) is 6.92 Å². The van der Waals surface area contributed by atoms with E-state index in [4.69, 9.17) is 10.5 Å². The highest BCUT2D eigenvalue weighted by Gasteiger charge is 2.05. The summed E-state index contributed by atoms with van der Waals surface area (Å²) in [6.45, 7) is 2.65. The molecule has 0 radical (unpaired) electrons. The van der Waals surface area contributed by atoms with Crippen molar-refractivity contribution < 1.29 is 9.53 Å². The van der Waals surface area contributed by atoms with Gasteiger partial charge in [-0.05, 0) is 37.1 Å². The van der Waals surface area contributed by atoms with Crippen LogP contribution in [0.25, 0.3) is 0 Å². The Balaban J connectivity index is 2.41. The van der Waals surface area contributed by atoms with Gasteiger partial charge in [-0.25, -0.2) is 0 Å². The predicted molar refractivity (Wildman–Crippen MR) is 68.2 cm³/mol. The summed E-state index contributed by atoms with van der Waals surface area (Å²) >= 11 is 0. The van der Waals surface area contributed by atoms with E-state index in [0.29, 0.717) is 12.1 Å². The fourth-order valence-corrected chi connectivity index (χ4v) is 1.42. The Hall–Kier alpha value is -1.55. The Bertz CT molecular complexity index is 349. The van der Waals surface area contributed by atoms with Crippen molar-refractivity contribution in [3.63, 3.8) is 0 Å². The first-order valence-corrected chi connectivity index (χ1v) is 5.85. The van der Waals surface area contributed by atoms with Crippen LogP contribution in [-0.4, -0.2) is 25.6 Å². The molecule has 1 aromatic rings. The monoisotopic (exact) mass is 236 g/mol. The van der Waals surface area contributed by atoms with Gasteiger partial charge in [-0.2, -0.15) is 0 Å². The summed E-state index contributed by atoms with van der Waals surface area (Å²) in [5.74, 6) is 0.672. The van der Waals surface area contributed by atoms with E-state index in [0.717, 1.165) is 18.6 Å². The molecule has 0 fully saturated rings. The molecule has 4 nitrogen and oxygen atoms in total. The number of hydrogen-bond donors (Lipinski definition) is 2. The molecular weight excluding hydrogens is 216 g/mol. The average Bonchev–Trinajstić information content (AvgIpc) is 2.38. The molecule has 0 saturated carbocycles. The minimum absolute atomic E-state index is 0.0732. The predicted octanol–water partition coefficient (Wildman–Crippen LogP) is 1.55. The van der Waals surface area contributed by atoms with Gasteiger partial charge in [0.15, 0.2) is 0 Å². The molecule has 1 amide bonds. The first kappa shape index (κ1) is 13.5. The van der Waals surface area contributed by atoms with Crippen LogP contribution in [0, 0.1) is 0 Å². The highest BCUT2D eigenvalue weighted by atomic mass is 16.5. The number of ether oxygens (including phenoxy) is 1. The van der Waals surface area contributed by atoms with Crippen LogP contribution in [0.15, 0.2) is 24.3 Å². The van der Waals surface area contributed by atoms with Crippen LogP contribution in [0.4, 0.5) is 0 Å². The lowest BCUT2D eigenvalue weighted by molar-refractivity contribution is 0.0952. The number of rotatable bonds is 6. The summed E-state index contributed by atoms with van der Waals surface area (Å²) in [7, 11) is 1.60. The van der Waals surface area contributed by atoms with Crippen LogP contribution >= 0.6 is 0 Å². The second kappa shape index (κ2) is 6.91. The van der Waals surface area contributed by atoms with Crippen molar-refractivity contribution in [2.45, 2.75) is 25.8 Å². The third kappa shape index (κ3) is 4.44. The first-order valence-electron chi connectivity index (χ1n) is 5.85. The smallest absolute Gasteiger partial charge is 0.251 e. The van der Waals surface area contributed by atoms with Crippen molar-refractivity contribution in [2.24, 2.45) is 5.73 Å². The van der Waals surface area contributed by atoms with Crippen molar-refractivity contribution in [2.75, 3.05) is 13.7 Å². The Morgan fingerprint density at radius 3 is 2.59 bits per heavy atom. The van der Waals surface area contributed by atoms with Gasteiger partial charge in [-0.1, -0.05) is 6.92 Å². The molecule has 4 heteroatoms. The molecular formula is C13H20N2O2. The highest BCUT2D eigenvalue weighted by Crippen LogP contribution is 2.10. The van der Waals surface area contributed by atoms with Crippen molar-refractivity contribution in [1.82, 2.24) is 5.32 Å². The van der Waals surface area contributed by atoms with E-state index in [1.165, 1.54) is 0 Å². The van der Waals surface area contributed by atoms with Gasteiger partial charge in [-0.15, -0.1) is 0 Å². The molecule has 0 spiro atoms. The fraction of sp³-hybridized carbons (Fsp3) is 0.462. The van der Waals surface area contributed by atoms with E-state index in [9.17, 15) is 4.79 Å². The number of methoxy groups -OCH3 is 1. The number of carbonyl (C=O) groups is 1. The van der Waals surface area contributed by atoms with Gasteiger partial charge in [0.1, 0.15) is 5.75 Å². The van der Waals surface area contributed by atoms with Gasteiger partial charge in [0.05, 0.1) is 7.11 Å². The number of benzene rings is 1. The van der Waals surface area contributed by atoms with Crippen LogP contribution in [0.2, 0.25) is 0 Å². The van der Waals surface area contributed by atoms with Crippen molar-refractivity contribution >= 4 is 5.91 Å². The van der Waals surface area contributed by atoms with Gasteiger partial charge in [0, 0.05) is 18.2 Å². The summed E-state index contributed by atoms with van der Waals surface area (Å²) in [6.07, 6.45) is 1.73. The molecule has 0 bridgehead atoms. The van der Waals surface area contributed by atoms with Gasteiger partial charge in [-0.3, -0.25) is 4.79 Å². The summed E-state index contributed by atoms with van der Waals surface area (Å²) in [5.41, 5.74) is 6.40. The third-order valence-corrected chi connectivity index (χ3v) is 2.68. The lowest BCUT2D eigenvalue weighted by Gasteiger charge is -2.09. The minimum Gasteiger partial charge on any atom is -0.497 e. The first-order chi connectivity index (χ1) is 8.17. The zero-order chi connectivity index (χ0) is 12.7. The Morgan fingerprint density at radius 2 is 2.06 bits per heavy atom. The van der Waals surface area contributed by atoms with Crippen LogP contribution in [0.3, 0.4) is 0 Å². The zero-order valence-corrected chi connectivity index (χ0v) is 10.4. The lowest BCUT2D eigenvalue weighted by Crippen LogP contribution is -2.29. The molecule has 0 saturated heterocycles. The molecule has 0 aliphatic carbocycles. The average molecular weight is 236 g/mol. The van der Waals surface area contributed by atoms with Gasteiger partial charge in [0.2, 0.25) is 0 Å². The van der Waals surface area contributed by atoms with Crippen LogP contribution in [0.1, 0.15) is 30.1 Å². The Kier molecular flexibility index (Phi) is 5.49. The maximum atomic E-state index is 11.7. The van der Waals surface area contributed by atoms with E-state index in [-0.39, 0.29) is 11.9 Å². The zero-order valence-electron chi connectivity index (χ0n) is 10.4. The summed E-state index contributed by atoms with van der Waals surface area (Å²) in [5, 5.41) is 2.84. The summed E-state index contributed by atoms with van der Waals surface area (Å²) in [4.78, 5) is 11.7. The highest BCUT2D eigenvalue weighted by molar-refractivity contribution is 5.94. The number of amides is 1. The topological polar surface area (TPSA) is 64.3 Å². The van der Waals surface area contributed by atoms with Crippen molar-refractivity contribution in [3.8, 4) is 5.75 Å². The molecule has 1 unspecified atom stereocenters. The summed E-state index contributed by atoms with van der Waals surface area (Å²) < 4.78 is 5.03. The van der Waals surface area contributed by atoms with Gasteiger partial charge < -0.3 is 15.8 Å². The fourth-order valence-electron chi connectivity index (χ4n) is 1.42. The number of nitrogens with two attached hydrogens (primary N) is 1. The maximum absolute atomic E-state index is 11.7. The Morgan fingerprint density at radius 1 is 1.41 bits per heavy atom. The Labute approximate surface area is 102 Å². The van der Waals surface area contributed by atoms with Crippen LogP contribution in [0.5, 0.6) is 5.75 Å². The standard InChI is InChI=1S/C13H20N2O2/c1-3-11(14)8-9-15-13(16)10-4-6-12(17-2)7-5-10/h4-7,11H,3,8-9,14H2,1-2H3,(H,15,16). The molecule has 1 rings (SSSR count). The molecule has 3 N–H and O–H groups in total. The molecule has 17 heavy (non-hydrogen) atoms. The van der Waals surface area contributed by atoms with Gasteiger partial charge >= 0.3 is 0 Å². The SMILES string of the molecule is CCC(N)CCNC(=O)c1ccc(OC)cc1. The van der Waals surface area contributed by atoms with E-state index in [1.54, 1.807) is 31.4 Å². The molecule has 94 valence electrons. The normalized spacial score (nSPS) is 11.9. The molecule has 0 aromatic heterocycles. The number of hydrogen-bond acceptors (Lipinski definition) is 3. The van der Waals surface area contributed by atoms with Crippen LogP contribution < -0.4 is 15.8 Å². The van der Waals surface area contributed by atoms with Crippen LogP contribution in [-0.2, 0) is 0 Å². The molecule has 0 aliphatic heterocycles. The number of carbonyl (C=O) groups excluding carboxylic acids is 1. The molecule has 0 heterocycles. The van der Waals surface area contributed by atoms with Crippen molar-refractivity contribution in [1.29, 1.82) is 0 Å². The third-order valence-electron chi connectivity index (χ3n) is 2.68. The lowest BCUT2D eigenvalue weighted by atomic mass is 10.1. The second-order valence-electron chi connectivity index (χ2n) is 3.94. The molecule has 1 atom stereocenters. The minimum atomic E-state index is -0.0732. The summed E-state index contributed by atoms with van der Waals surface area (Å²) in [6, 6.07) is 7.19. The maximum Gasteiger partial charge on any atom is 0.251 e. The second-order valence-corrected chi connectivity index (χ2v) is 3.94. The van der Waals surface area contributed by atoms with Gasteiger partial charge in [0.25, 0.3) is 5.91 Å². The van der Waals surface area contributed by atoms with Crippen molar-refractivity contribution in [3.05, 3.63) is 29.8 Å². The molecule has 1 aromatic carbocycles. The molecule has 0 aliphatic rings. The van der Waals surface area contributed by atoms with E-state index in [2.05, 4.69) is 5.32 Å². The number of nitrogens with one attached hydrogen (secondary N) is 1. The van der Waals surface area contributed by atoms with E-state index < -0.39 is 0 Å². The van der Waals surface area contributed by atoms with E-state index >= 15 is 0 Å². The largest absolute Gasteiger partial charge is 0.497 e.